The van der Waals surface area contributed by atoms with Gasteiger partial charge in [0.1, 0.15) is 0 Å². The van der Waals surface area contributed by atoms with Crippen molar-refractivity contribution in [1.29, 1.82) is 0 Å². The van der Waals surface area contributed by atoms with Gasteiger partial charge >= 0.3 is 0 Å². The summed E-state index contributed by atoms with van der Waals surface area (Å²) in [6.07, 6.45) is 0. The molecule has 1 N–H and O–H groups in total. The number of halogens is 2. The number of aromatic nitrogens is 3. The van der Waals surface area contributed by atoms with E-state index in [2.05, 4.69) is 31.3 Å². The quantitative estimate of drug-likeness (QED) is 0.376. The normalized spacial score (nSPS) is 10.8. The standard InChI is InChI=1S/C23H18BrClN4O/c1-14-4-3-5-20(15(14)2)29-22(16-6-8-17(24)9-7-16)27-21(28-29)23(30)26-19-12-10-18(25)11-13-19/h3-13H,1-2H3,(H,26,30). The predicted octanol–water partition coefficient (Wildman–Crippen LogP) is 6.22. The second-order valence-electron chi connectivity index (χ2n) is 6.86. The fraction of sp³-hybridized carbons (Fsp3) is 0.0870. The Balaban J connectivity index is 1.79. The third-order valence-electron chi connectivity index (χ3n) is 4.82. The predicted molar refractivity (Wildman–Crippen MR) is 123 cm³/mol. The first-order valence-corrected chi connectivity index (χ1v) is 10.5. The summed E-state index contributed by atoms with van der Waals surface area (Å²) in [5.74, 6) is 0.293. The molecule has 0 atom stereocenters. The second-order valence-corrected chi connectivity index (χ2v) is 8.21. The summed E-state index contributed by atoms with van der Waals surface area (Å²) in [7, 11) is 0. The van der Waals surface area contributed by atoms with Gasteiger partial charge in [0, 0.05) is 20.7 Å². The molecule has 1 amide bonds. The molecule has 7 heteroatoms. The molecule has 0 radical (unpaired) electrons. The monoisotopic (exact) mass is 480 g/mol. The lowest BCUT2D eigenvalue weighted by atomic mass is 10.1. The molecule has 0 saturated carbocycles. The van der Waals surface area contributed by atoms with E-state index in [9.17, 15) is 4.79 Å². The zero-order chi connectivity index (χ0) is 21.3. The summed E-state index contributed by atoms with van der Waals surface area (Å²) in [6.45, 7) is 4.08. The smallest absolute Gasteiger partial charge is 0.295 e. The van der Waals surface area contributed by atoms with Crippen LogP contribution in [0.5, 0.6) is 0 Å². The molecule has 0 aliphatic heterocycles. The van der Waals surface area contributed by atoms with Crippen LogP contribution < -0.4 is 5.32 Å². The number of hydrogen-bond acceptors (Lipinski definition) is 3. The van der Waals surface area contributed by atoms with Gasteiger partial charge in [-0.15, -0.1) is 5.10 Å². The molecule has 0 fully saturated rings. The number of carbonyl (C=O) groups is 1. The van der Waals surface area contributed by atoms with Crippen molar-refractivity contribution >= 4 is 39.1 Å². The van der Waals surface area contributed by atoms with Gasteiger partial charge in [-0.2, -0.15) is 0 Å². The summed E-state index contributed by atoms with van der Waals surface area (Å²) in [4.78, 5) is 17.4. The lowest BCUT2D eigenvalue weighted by molar-refractivity contribution is 0.101. The van der Waals surface area contributed by atoms with Crippen LogP contribution in [-0.2, 0) is 0 Å². The molecule has 30 heavy (non-hydrogen) atoms. The van der Waals surface area contributed by atoms with E-state index in [1.807, 2.05) is 56.3 Å². The Kier molecular flexibility index (Phi) is 5.70. The Morgan fingerprint density at radius 1 is 1.00 bits per heavy atom. The van der Waals surface area contributed by atoms with Gasteiger partial charge in [0.05, 0.1) is 5.69 Å². The number of nitrogens with one attached hydrogen (secondary N) is 1. The van der Waals surface area contributed by atoms with Gasteiger partial charge in [-0.25, -0.2) is 9.67 Å². The highest BCUT2D eigenvalue weighted by molar-refractivity contribution is 9.10. The van der Waals surface area contributed by atoms with Crippen molar-refractivity contribution < 1.29 is 4.79 Å². The van der Waals surface area contributed by atoms with Crippen molar-refractivity contribution in [1.82, 2.24) is 14.8 Å². The third kappa shape index (κ3) is 4.15. The van der Waals surface area contributed by atoms with Crippen molar-refractivity contribution in [3.8, 4) is 17.1 Å². The summed E-state index contributed by atoms with van der Waals surface area (Å²) in [5.41, 5.74) is 4.57. The minimum atomic E-state index is -0.389. The lowest BCUT2D eigenvalue weighted by Crippen LogP contribution is -2.14. The molecule has 0 saturated heterocycles. The Morgan fingerprint density at radius 3 is 2.40 bits per heavy atom. The van der Waals surface area contributed by atoms with Gasteiger partial charge < -0.3 is 5.32 Å². The molecule has 0 aliphatic rings. The van der Waals surface area contributed by atoms with E-state index in [4.69, 9.17) is 11.6 Å². The van der Waals surface area contributed by atoms with Crippen molar-refractivity contribution in [3.63, 3.8) is 0 Å². The Hall–Kier alpha value is -2.96. The minimum Gasteiger partial charge on any atom is -0.319 e. The summed E-state index contributed by atoms with van der Waals surface area (Å²) in [5, 5.41) is 7.97. The molecule has 0 bridgehead atoms. The highest BCUT2D eigenvalue weighted by atomic mass is 79.9. The molecule has 150 valence electrons. The maximum Gasteiger partial charge on any atom is 0.295 e. The first kappa shape index (κ1) is 20.3. The molecular weight excluding hydrogens is 464 g/mol. The fourth-order valence-electron chi connectivity index (χ4n) is 3.05. The van der Waals surface area contributed by atoms with E-state index >= 15 is 0 Å². The van der Waals surface area contributed by atoms with Crippen molar-refractivity contribution in [2.24, 2.45) is 0 Å². The number of rotatable bonds is 4. The van der Waals surface area contributed by atoms with E-state index in [-0.39, 0.29) is 11.7 Å². The van der Waals surface area contributed by atoms with Crippen molar-refractivity contribution in [2.75, 3.05) is 5.32 Å². The molecule has 0 spiro atoms. The van der Waals surface area contributed by atoms with E-state index < -0.39 is 0 Å². The number of anilines is 1. The number of carbonyl (C=O) groups excluding carboxylic acids is 1. The number of aryl methyl sites for hydroxylation is 1. The van der Waals surface area contributed by atoms with Crippen molar-refractivity contribution in [2.45, 2.75) is 13.8 Å². The van der Waals surface area contributed by atoms with Crippen LogP contribution in [0, 0.1) is 13.8 Å². The molecular formula is C23H18BrClN4O. The maximum atomic E-state index is 12.8. The number of hydrogen-bond donors (Lipinski definition) is 1. The molecule has 4 aromatic rings. The van der Waals surface area contributed by atoms with Crippen molar-refractivity contribution in [3.05, 3.63) is 93.2 Å². The van der Waals surface area contributed by atoms with Crippen LogP contribution in [0.2, 0.25) is 5.02 Å². The molecule has 1 aromatic heterocycles. The highest BCUT2D eigenvalue weighted by Gasteiger charge is 2.20. The molecule has 3 aromatic carbocycles. The van der Waals surface area contributed by atoms with Crippen LogP contribution in [0.15, 0.2) is 71.2 Å². The van der Waals surface area contributed by atoms with Crippen LogP contribution >= 0.6 is 27.5 Å². The number of amides is 1. The fourth-order valence-corrected chi connectivity index (χ4v) is 3.44. The third-order valence-corrected chi connectivity index (χ3v) is 5.60. The molecule has 0 aliphatic carbocycles. The second kappa shape index (κ2) is 8.42. The van der Waals surface area contributed by atoms with Crippen LogP contribution in [0.4, 0.5) is 5.69 Å². The van der Waals surface area contributed by atoms with E-state index in [1.54, 1.807) is 28.9 Å². The van der Waals surface area contributed by atoms with Gasteiger partial charge in [-0.1, -0.05) is 51.8 Å². The Morgan fingerprint density at radius 2 is 1.70 bits per heavy atom. The van der Waals surface area contributed by atoms with E-state index in [0.29, 0.717) is 16.5 Å². The van der Waals surface area contributed by atoms with E-state index in [0.717, 1.165) is 26.9 Å². The zero-order valence-corrected chi connectivity index (χ0v) is 18.7. The van der Waals surface area contributed by atoms with Gasteiger partial charge in [-0.3, -0.25) is 4.79 Å². The van der Waals surface area contributed by atoms with Crippen LogP contribution in [0.3, 0.4) is 0 Å². The molecule has 5 nitrogen and oxygen atoms in total. The van der Waals surface area contributed by atoms with Gasteiger partial charge in [0.15, 0.2) is 5.82 Å². The van der Waals surface area contributed by atoms with Gasteiger partial charge in [0.2, 0.25) is 5.82 Å². The van der Waals surface area contributed by atoms with Gasteiger partial charge in [-0.05, 0) is 67.4 Å². The maximum absolute atomic E-state index is 12.8. The van der Waals surface area contributed by atoms with Gasteiger partial charge in [0.25, 0.3) is 5.91 Å². The Labute approximate surface area is 187 Å². The minimum absolute atomic E-state index is 0.0868. The Bertz CT molecular complexity index is 1220. The lowest BCUT2D eigenvalue weighted by Gasteiger charge is -2.11. The topological polar surface area (TPSA) is 59.8 Å². The largest absolute Gasteiger partial charge is 0.319 e. The zero-order valence-electron chi connectivity index (χ0n) is 16.4. The summed E-state index contributed by atoms with van der Waals surface area (Å²) < 4.78 is 2.69. The molecule has 1 heterocycles. The summed E-state index contributed by atoms with van der Waals surface area (Å²) in [6, 6.07) is 20.6. The molecule has 4 rings (SSSR count). The van der Waals surface area contributed by atoms with Crippen LogP contribution in [-0.4, -0.2) is 20.7 Å². The SMILES string of the molecule is Cc1cccc(-n2nc(C(=O)Nc3ccc(Cl)cc3)nc2-c2ccc(Br)cc2)c1C. The summed E-state index contributed by atoms with van der Waals surface area (Å²) >= 11 is 9.38. The van der Waals surface area contributed by atoms with E-state index in [1.165, 1.54) is 0 Å². The average Bonchev–Trinajstić information content (AvgIpc) is 3.17. The first-order valence-electron chi connectivity index (χ1n) is 9.29. The van der Waals surface area contributed by atoms with Crippen LogP contribution in [0.25, 0.3) is 17.1 Å². The highest BCUT2D eigenvalue weighted by Crippen LogP contribution is 2.26. The van der Waals surface area contributed by atoms with Crippen LogP contribution in [0.1, 0.15) is 21.7 Å². The number of nitrogens with zero attached hydrogens (tertiary/aromatic N) is 3. The first-order chi connectivity index (χ1) is 14.4. The number of benzene rings is 3. The molecule has 0 unspecified atom stereocenters. The average molecular weight is 482 g/mol.